The molecule has 1 heterocycles. The van der Waals surface area contributed by atoms with Gasteiger partial charge in [-0.3, -0.25) is 0 Å². The second-order valence-corrected chi connectivity index (χ2v) is 4.87. The van der Waals surface area contributed by atoms with E-state index in [0.29, 0.717) is 6.42 Å². The van der Waals surface area contributed by atoms with E-state index in [0.717, 1.165) is 22.6 Å². The van der Waals surface area contributed by atoms with Crippen molar-refractivity contribution in [2.45, 2.75) is 12.0 Å². The molecule has 0 amide bonds. The summed E-state index contributed by atoms with van der Waals surface area (Å²) >= 11 is 0. The number of hydrogen-bond donors (Lipinski definition) is 0. The van der Waals surface area contributed by atoms with Gasteiger partial charge in [-0.2, -0.15) is 0 Å². The van der Waals surface area contributed by atoms with Gasteiger partial charge in [-0.05, 0) is 24.3 Å². The molecule has 21 heavy (non-hydrogen) atoms. The lowest BCUT2D eigenvalue weighted by atomic mass is 9.84. The average Bonchev–Trinajstić information content (AvgIpc) is 3.06. The Bertz CT molecular complexity index is 575. The zero-order chi connectivity index (χ0) is 14.7. The van der Waals surface area contributed by atoms with E-state index in [1.54, 1.807) is 20.4 Å². The van der Waals surface area contributed by atoms with Crippen molar-refractivity contribution in [1.82, 2.24) is 0 Å². The van der Waals surface area contributed by atoms with Crippen molar-refractivity contribution in [3.8, 4) is 11.5 Å². The number of rotatable bonds is 4. The lowest BCUT2D eigenvalue weighted by Gasteiger charge is -2.27. The van der Waals surface area contributed by atoms with Crippen LogP contribution in [0, 0.1) is 0 Å². The molecule has 4 heteroatoms. The van der Waals surface area contributed by atoms with E-state index >= 15 is 0 Å². The van der Waals surface area contributed by atoms with Crippen LogP contribution in [0.1, 0.15) is 17.5 Å². The third-order valence-electron chi connectivity index (χ3n) is 3.77. The monoisotopic (exact) mass is 283 g/mol. The molecule has 0 radical (unpaired) electrons. The Balaban J connectivity index is 2.01. The topological polar surface area (TPSA) is 40.0 Å². The Hall–Kier alpha value is -2.49. The Labute approximate surface area is 123 Å². The maximum absolute atomic E-state index is 5.75. The predicted molar refractivity (Wildman–Crippen MR) is 81.0 cm³/mol. The van der Waals surface area contributed by atoms with E-state index in [2.05, 4.69) is 5.16 Å². The smallest absolute Gasteiger partial charge is 0.192 e. The molecule has 0 fully saturated rings. The molecule has 1 aliphatic rings. The second kappa shape index (κ2) is 5.48. The fourth-order valence-corrected chi connectivity index (χ4v) is 2.56. The van der Waals surface area contributed by atoms with Gasteiger partial charge in [0.2, 0.25) is 0 Å². The van der Waals surface area contributed by atoms with Crippen LogP contribution in [-0.2, 0) is 10.4 Å². The molecule has 4 nitrogen and oxygen atoms in total. The van der Waals surface area contributed by atoms with Crippen LogP contribution in [0.3, 0.4) is 0 Å². The van der Waals surface area contributed by atoms with Crippen molar-refractivity contribution < 1.29 is 14.3 Å². The number of hydrogen-bond acceptors (Lipinski definition) is 4. The highest BCUT2D eigenvalue weighted by Crippen LogP contribution is 2.40. The van der Waals surface area contributed by atoms with E-state index in [9.17, 15) is 0 Å². The van der Waals surface area contributed by atoms with Crippen LogP contribution in [-0.4, -0.2) is 20.4 Å². The molecule has 0 spiro atoms. The van der Waals surface area contributed by atoms with Gasteiger partial charge in [0.15, 0.2) is 5.60 Å². The van der Waals surface area contributed by atoms with Gasteiger partial charge in [0.05, 0.1) is 14.2 Å². The summed E-state index contributed by atoms with van der Waals surface area (Å²) < 4.78 is 10.4. The van der Waals surface area contributed by atoms with E-state index < -0.39 is 5.60 Å². The number of benzene rings is 2. The lowest BCUT2D eigenvalue weighted by molar-refractivity contribution is 0.0111. The molecule has 0 aromatic heterocycles. The molecule has 108 valence electrons. The zero-order valence-corrected chi connectivity index (χ0v) is 12.1. The van der Waals surface area contributed by atoms with Gasteiger partial charge in [-0.1, -0.05) is 29.4 Å². The Morgan fingerprint density at radius 1 is 0.857 bits per heavy atom. The van der Waals surface area contributed by atoms with Crippen LogP contribution in [0.5, 0.6) is 11.5 Å². The van der Waals surface area contributed by atoms with Gasteiger partial charge in [-0.25, -0.2) is 0 Å². The molecule has 0 saturated heterocycles. The van der Waals surface area contributed by atoms with Crippen molar-refractivity contribution in [2.24, 2.45) is 5.16 Å². The van der Waals surface area contributed by atoms with Crippen LogP contribution >= 0.6 is 0 Å². The van der Waals surface area contributed by atoms with Gasteiger partial charge < -0.3 is 14.3 Å². The van der Waals surface area contributed by atoms with Crippen LogP contribution in [0.2, 0.25) is 0 Å². The van der Waals surface area contributed by atoms with Gasteiger partial charge >= 0.3 is 0 Å². The first kappa shape index (κ1) is 13.5. The normalized spacial score (nSPS) is 15.5. The fourth-order valence-electron chi connectivity index (χ4n) is 2.56. The van der Waals surface area contributed by atoms with Crippen LogP contribution in [0.15, 0.2) is 53.7 Å². The summed E-state index contributed by atoms with van der Waals surface area (Å²) in [6.45, 7) is 0. The van der Waals surface area contributed by atoms with Gasteiger partial charge in [0, 0.05) is 23.8 Å². The minimum absolute atomic E-state index is 0.571. The minimum Gasteiger partial charge on any atom is -0.497 e. The molecule has 0 aliphatic carbocycles. The molecule has 0 unspecified atom stereocenters. The summed E-state index contributed by atoms with van der Waals surface area (Å²) in [6, 6.07) is 15.8. The van der Waals surface area contributed by atoms with E-state index in [1.165, 1.54) is 0 Å². The summed E-state index contributed by atoms with van der Waals surface area (Å²) in [6.07, 6.45) is 2.50. The molecule has 0 atom stereocenters. The van der Waals surface area contributed by atoms with Crippen LogP contribution < -0.4 is 9.47 Å². The van der Waals surface area contributed by atoms with E-state index in [-0.39, 0.29) is 0 Å². The average molecular weight is 283 g/mol. The molecular weight excluding hydrogens is 266 g/mol. The lowest BCUT2D eigenvalue weighted by Crippen LogP contribution is -2.26. The summed E-state index contributed by atoms with van der Waals surface area (Å²) in [5.74, 6) is 1.64. The van der Waals surface area contributed by atoms with Crippen molar-refractivity contribution in [2.75, 3.05) is 14.2 Å². The molecule has 0 N–H and O–H groups in total. The number of ether oxygens (including phenoxy) is 2. The molecule has 2 aromatic rings. The molecule has 0 bridgehead atoms. The van der Waals surface area contributed by atoms with E-state index in [1.807, 2.05) is 48.5 Å². The molecule has 1 aliphatic heterocycles. The summed E-state index contributed by atoms with van der Waals surface area (Å²) in [5, 5.41) is 3.99. The third kappa shape index (κ3) is 2.33. The first-order valence-electron chi connectivity index (χ1n) is 6.77. The summed E-state index contributed by atoms with van der Waals surface area (Å²) in [4.78, 5) is 5.75. The zero-order valence-electron chi connectivity index (χ0n) is 12.1. The van der Waals surface area contributed by atoms with Crippen LogP contribution in [0.4, 0.5) is 0 Å². The van der Waals surface area contributed by atoms with Crippen LogP contribution in [0.25, 0.3) is 0 Å². The first-order chi connectivity index (χ1) is 10.3. The fraction of sp³-hybridized carbons (Fsp3) is 0.235. The standard InChI is InChI=1S/C17H17NO3/c1-19-15-7-3-13(4-8-15)17(11-12-18-21-17)14-5-9-16(20-2)10-6-14/h3-10,12H,11H2,1-2H3. The second-order valence-electron chi connectivity index (χ2n) is 4.87. The number of methoxy groups -OCH3 is 2. The maximum atomic E-state index is 5.75. The summed E-state index contributed by atoms with van der Waals surface area (Å²) in [7, 11) is 3.31. The molecule has 0 saturated carbocycles. The van der Waals surface area contributed by atoms with Crippen molar-refractivity contribution >= 4 is 6.21 Å². The number of nitrogens with zero attached hydrogens (tertiary/aromatic N) is 1. The Kier molecular flexibility index (Phi) is 3.52. The Morgan fingerprint density at radius 2 is 1.33 bits per heavy atom. The predicted octanol–water partition coefficient (Wildman–Crippen LogP) is 3.35. The SMILES string of the molecule is COc1ccc(C2(c3ccc(OC)cc3)CC=NO2)cc1. The van der Waals surface area contributed by atoms with Gasteiger partial charge in [0.1, 0.15) is 11.5 Å². The highest BCUT2D eigenvalue weighted by molar-refractivity contribution is 5.63. The summed E-state index contributed by atoms with van der Waals surface area (Å²) in [5.41, 5.74) is 1.52. The molecule has 2 aromatic carbocycles. The highest BCUT2D eigenvalue weighted by atomic mass is 16.7. The van der Waals surface area contributed by atoms with Crippen molar-refractivity contribution in [3.05, 3.63) is 59.7 Å². The van der Waals surface area contributed by atoms with Crippen molar-refractivity contribution in [1.29, 1.82) is 0 Å². The van der Waals surface area contributed by atoms with Gasteiger partial charge in [0.25, 0.3) is 0 Å². The largest absolute Gasteiger partial charge is 0.497 e. The first-order valence-corrected chi connectivity index (χ1v) is 6.77. The maximum Gasteiger partial charge on any atom is 0.192 e. The quantitative estimate of drug-likeness (QED) is 0.864. The molecular formula is C17H17NO3. The van der Waals surface area contributed by atoms with E-state index in [4.69, 9.17) is 14.3 Å². The number of oxime groups is 1. The highest BCUT2D eigenvalue weighted by Gasteiger charge is 2.39. The minimum atomic E-state index is -0.571. The molecule has 3 rings (SSSR count). The Morgan fingerprint density at radius 3 is 1.67 bits per heavy atom. The third-order valence-corrected chi connectivity index (χ3v) is 3.77. The van der Waals surface area contributed by atoms with Crippen molar-refractivity contribution in [3.63, 3.8) is 0 Å². The van der Waals surface area contributed by atoms with Gasteiger partial charge in [-0.15, -0.1) is 0 Å².